The number of amides is 1. The summed E-state index contributed by atoms with van der Waals surface area (Å²) in [5.74, 6) is -0.894. The highest BCUT2D eigenvalue weighted by atomic mass is 35.5. The van der Waals surface area contributed by atoms with E-state index in [0.717, 1.165) is 5.56 Å². The van der Waals surface area contributed by atoms with Crippen molar-refractivity contribution in [2.24, 2.45) is 5.41 Å². The van der Waals surface area contributed by atoms with Crippen LogP contribution in [0.25, 0.3) is 11.3 Å². The largest absolute Gasteiger partial charge is 0.508 e. The summed E-state index contributed by atoms with van der Waals surface area (Å²) in [5, 5.41) is 19.5. The molecule has 1 unspecified atom stereocenters. The van der Waals surface area contributed by atoms with Crippen LogP contribution in [-0.2, 0) is 9.53 Å². The number of nitrogens with zero attached hydrogens (tertiary/aromatic N) is 1. The highest BCUT2D eigenvalue weighted by Crippen LogP contribution is 2.34. The molecule has 0 spiro atoms. The van der Waals surface area contributed by atoms with Gasteiger partial charge in [0.15, 0.2) is 0 Å². The minimum Gasteiger partial charge on any atom is -0.508 e. The van der Waals surface area contributed by atoms with E-state index >= 15 is 0 Å². The lowest BCUT2D eigenvalue weighted by Crippen LogP contribution is -2.51. The monoisotopic (exact) mass is 401 g/mol. The molecule has 3 N–H and O–H groups in total. The number of aromatic amines is 1. The Bertz CT molecular complexity index is 949. The maximum atomic E-state index is 12.7. The molecule has 1 aliphatic rings. The van der Waals surface area contributed by atoms with Crippen LogP contribution in [0.2, 0.25) is 0 Å². The Balaban J connectivity index is 1.80. The first-order valence-corrected chi connectivity index (χ1v) is 8.98. The normalized spacial score (nSPS) is 19.6. The number of methoxy groups -OCH3 is 1. The number of aromatic hydroxyl groups is 1. The number of halogens is 1. The summed E-state index contributed by atoms with van der Waals surface area (Å²) in [6, 6.07) is 7.12. The van der Waals surface area contributed by atoms with Gasteiger partial charge in [0, 0.05) is 16.0 Å². The molecule has 28 heavy (non-hydrogen) atoms. The first kappa shape index (κ1) is 19.7. The molecule has 2 atom stereocenters. The van der Waals surface area contributed by atoms with Gasteiger partial charge in [-0.2, -0.15) is 5.10 Å². The number of benzene rings is 1. The van der Waals surface area contributed by atoms with Gasteiger partial charge in [-0.15, -0.1) is 0 Å². The van der Waals surface area contributed by atoms with E-state index < -0.39 is 23.3 Å². The smallest absolute Gasteiger partial charge is 0.329 e. The third kappa shape index (κ3) is 4.09. The van der Waals surface area contributed by atoms with Crippen LogP contribution in [0, 0.1) is 5.41 Å². The highest BCUT2D eigenvalue weighted by Gasteiger charge is 2.40. The van der Waals surface area contributed by atoms with E-state index in [2.05, 4.69) is 15.5 Å². The van der Waals surface area contributed by atoms with E-state index in [1.54, 1.807) is 36.4 Å². The second-order valence-electron chi connectivity index (χ2n) is 6.78. The zero-order chi connectivity index (χ0) is 20.3. The molecule has 1 aromatic heterocycles. The minimum absolute atomic E-state index is 0.140. The first-order valence-electron chi connectivity index (χ1n) is 8.61. The average molecular weight is 402 g/mol. The molecule has 0 saturated heterocycles. The number of H-pyrrole nitrogens is 1. The van der Waals surface area contributed by atoms with Gasteiger partial charge in [0.2, 0.25) is 0 Å². The van der Waals surface area contributed by atoms with Crippen LogP contribution in [-0.4, -0.2) is 40.3 Å². The Labute approximate surface area is 167 Å². The quantitative estimate of drug-likeness (QED) is 0.667. The van der Waals surface area contributed by atoms with Gasteiger partial charge in [0.05, 0.1) is 12.8 Å². The Morgan fingerprint density at radius 1 is 1.36 bits per heavy atom. The molecule has 1 aliphatic carbocycles. The van der Waals surface area contributed by atoms with E-state index in [1.807, 2.05) is 6.92 Å². The van der Waals surface area contributed by atoms with Gasteiger partial charge in [0.1, 0.15) is 17.5 Å². The summed E-state index contributed by atoms with van der Waals surface area (Å²) in [6.45, 7) is 1.85. The van der Waals surface area contributed by atoms with Crippen molar-refractivity contribution < 1.29 is 19.4 Å². The average Bonchev–Trinajstić information content (AvgIpc) is 3.18. The van der Waals surface area contributed by atoms with Crippen molar-refractivity contribution in [3.05, 3.63) is 59.3 Å². The van der Waals surface area contributed by atoms with Crippen LogP contribution >= 0.6 is 11.6 Å². The molecule has 1 aromatic carbocycles. The zero-order valence-corrected chi connectivity index (χ0v) is 16.2. The predicted octanol–water partition coefficient (Wildman–Crippen LogP) is 3.14. The van der Waals surface area contributed by atoms with Gasteiger partial charge >= 0.3 is 5.97 Å². The van der Waals surface area contributed by atoms with Crippen molar-refractivity contribution in [3.8, 4) is 17.0 Å². The number of carbonyl (C=O) groups is 2. The molecule has 0 aliphatic heterocycles. The number of ether oxygens (including phenoxy) is 1. The van der Waals surface area contributed by atoms with E-state index in [1.165, 1.54) is 19.2 Å². The summed E-state index contributed by atoms with van der Waals surface area (Å²) < 4.78 is 4.89. The number of phenols is 1. The standard InChI is InChI=1S/C20H20ClN3O4/c1-20(9-7-13(21)8-10-20)17(19(27)28-2)22-18(26)16-11-15(23-24-16)12-3-5-14(25)6-4-12/h3-9,11,17,25H,10H2,1-2H3,(H,22,26)(H,23,24)/t17-,20?/m1/s1. The summed E-state index contributed by atoms with van der Waals surface area (Å²) in [7, 11) is 1.28. The highest BCUT2D eigenvalue weighted by molar-refractivity contribution is 6.31. The summed E-state index contributed by atoms with van der Waals surface area (Å²) in [4.78, 5) is 25.1. The lowest BCUT2D eigenvalue weighted by Gasteiger charge is -2.34. The third-order valence-corrected chi connectivity index (χ3v) is 5.00. The zero-order valence-electron chi connectivity index (χ0n) is 15.4. The van der Waals surface area contributed by atoms with Crippen LogP contribution in [0.5, 0.6) is 5.75 Å². The second-order valence-corrected chi connectivity index (χ2v) is 7.21. The third-order valence-electron chi connectivity index (χ3n) is 4.72. The lowest BCUT2D eigenvalue weighted by molar-refractivity contribution is -0.145. The fourth-order valence-corrected chi connectivity index (χ4v) is 3.12. The maximum Gasteiger partial charge on any atom is 0.329 e. The molecule has 146 valence electrons. The van der Waals surface area contributed by atoms with E-state index in [0.29, 0.717) is 17.1 Å². The summed E-state index contributed by atoms with van der Waals surface area (Å²) in [5.41, 5.74) is 0.799. The van der Waals surface area contributed by atoms with Crippen LogP contribution < -0.4 is 5.32 Å². The molecule has 1 amide bonds. The fraction of sp³-hybridized carbons (Fsp3) is 0.250. The molecule has 2 aromatic rings. The van der Waals surface area contributed by atoms with Gasteiger partial charge in [-0.05, 0) is 42.8 Å². The molecular weight excluding hydrogens is 382 g/mol. The number of rotatable bonds is 5. The molecule has 0 fully saturated rings. The van der Waals surface area contributed by atoms with Crippen LogP contribution in [0.15, 0.2) is 53.6 Å². The van der Waals surface area contributed by atoms with Gasteiger partial charge < -0.3 is 15.2 Å². The molecule has 0 saturated carbocycles. The van der Waals surface area contributed by atoms with Gasteiger partial charge in [-0.3, -0.25) is 9.89 Å². The SMILES string of the molecule is COC(=O)[C@@H](NC(=O)c1cc(-c2ccc(O)cc2)n[nH]1)C1(C)C=CC(Cl)=CC1. The predicted molar refractivity (Wildman–Crippen MR) is 105 cm³/mol. The lowest BCUT2D eigenvalue weighted by atomic mass is 9.76. The Kier molecular flexibility index (Phi) is 5.56. The molecule has 7 nitrogen and oxygen atoms in total. The molecule has 0 bridgehead atoms. The van der Waals surface area contributed by atoms with Crippen LogP contribution in [0.1, 0.15) is 23.8 Å². The van der Waals surface area contributed by atoms with Gasteiger partial charge in [0.25, 0.3) is 5.91 Å². The number of aromatic nitrogens is 2. The maximum absolute atomic E-state index is 12.7. The fourth-order valence-electron chi connectivity index (χ4n) is 2.98. The van der Waals surface area contributed by atoms with Crippen molar-refractivity contribution in [2.45, 2.75) is 19.4 Å². The van der Waals surface area contributed by atoms with Crippen molar-refractivity contribution in [3.63, 3.8) is 0 Å². The van der Waals surface area contributed by atoms with Crippen molar-refractivity contribution in [2.75, 3.05) is 7.11 Å². The molecule has 8 heteroatoms. The van der Waals surface area contributed by atoms with Crippen LogP contribution in [0.3, 0.4) is 0 Å². The van der Waals surface area contributed by atoms with E-state index in [9.17, 15) is 14.7 Å². The topological polar surface area (TPSA) is 104 Å². The number of esters is 1. The Morgan fingerprint density at radius 3 is 2.68 bits per heavy atom. The van der Waals surface area contributed by atoms with Crippen LogP contribution in [0.4, 0.5) is 0 Å². The van der Waals surface area contributed by atoms with Gasteiger partial charge in [-0.25, -0.2) is 4.79 Å². The number of hydrogen-bond donors (Lipinski definition) is 3. The Morgan fingerprint density at radius 2 is 2.07 bits per heavy atom. The number of allylic oxidation sites excluding steroid dienone is 3. The minimum atomic E-state index is -0.900. The second kappa shape index (κ2) is 7.90. The molecule has 1 heterocycles. The number of phenolic OH excluding ortho intramolecular Hbond substituents is 1. The van der Waals surface area contributed by atoms with Crippen molar-refractivity contribution in [1.29, 1.82) is 0 Å². The van der Waals surface area contributed by atoms with Crippen molar-refractivity contribution >= 4 is 23.5 Å². The number of carbonyl (C=O) groups excluding carboxylic acids is 2. The molecule has 0 radical (unpaired) electrons. The molecule has 3 rings (SSSR count). The number of nitrogens with one attached hydrogen (secondary N) is 2. The van der Waals surface area contributed by atoms with Gasteiger partial charge in [-0.1, -0.05) is 30.7 Å². The summed E-state index contributed by atoms with van der Waals surface area (Å²) >= 11 is 5.98. The van der Waals surface area contributed by atoms with Crippen molar-refractivity contribution in [1.82, 2.24) is 15.5 Å². The first-order chi connectivity index (χ1) is 13.3. The molecular formula is C20H20ClN3O4. The van der Waals surface area contributed by atoms with E-state index in [-0.39, 0.29) is 11.4 Å². The summed E-state index contributed by atoms with van der Waals surface area (Å²) in [6.07, 6.45) is 5.77. The van der Waals surface area contributed by atoms with E-state index in [4.69, 9.17) is 16.3 Å². The number of hydrogen-bond acceptors (Lipinski definition) is 5. The Hall–Kier alpha value is -3.06.